The van der Waals surface area contributed by atoms with Crippen molar-refractivity contribution in [1.29, 1.82) is 0 Å². The summed E-state index contributed by atoms with van der Waals surface area (Å²) in [4.78, 5) is 14.4. The van der Waals surface area contributed by atoms with Gasteiger partial charge in [-0.05, 0) is 63.3 Å². The Bertz CT molecular complexity index is 880. The number of para-hydroxylation sites is 1. The molecule has 0 radical (unpaired) electrons. The highest BCUT2D eigenvalue weighted by atomic mass is 32.2. The Morgan fingerprint density at radius 3 is 2.52 bits per heavy atom. The average Bonchev–Trinajstić information content (AvgIpc) is 2.65. The maximum Gasteiger partial charge on any atom is 0.261 e. The Morgan fingerprint density at radius 2 is 1.81 bits per heavy atom. The van der Waals surface area contributed by atoms with Crippen LogP contribution in [0, 0.1) is 0 Å². The lowest BCUT2D eigenvalue weighted by Crippen LogP contribution is -2.27. The maximum absolute atomic E-state index is 12.7. The minimum absolute atomic E-state index is 0.0642. The van der Waals surface area contributed by atoms with Crippen LogP contribution in [0.2, 0.25) is 0 Å². The van der Waals surface area contributed by atoms with E-state index in [1.165, 1.54) is 12.1 Å². The van der Waals surface area contributed by atoms with Crippen molar-refractivity contribution >= 4 is 21.6 Å². The fourth-order valence-corrected chi connectivity index (χ4v) is 3.78. The van der Waals surface area contributed by atoms with E-state index in [0.29, 0.717) is 24.2 Å². The van der Waals surface area contributed by atoms with Crippen LogP contribution in [0.25, 0.3) is 0 Å². The highest BCUT2D eigenvalue weighted by molar-refractivity contribution is 7.92. The van der Waals surface area contributed by atoms with E-state index in [0.717, 1.165) is 18.5 Å². The summed E-state index contributed by atoms with van der Waals surface area (Å²) >= 11 is 0. The largest absolute Gasteiger partial charge is 0.352 e. The van der Waals surface area contributed by atoms with E-state index in [2.05, 4.69) is 10.0 Å². The van der Waals surface area contributed by atoms with Crippen LogP contribution in [0.15, 0.2) is 53.4 Å². The first-order chi connectivity index (χ1) is 12.8. The van der Waals surface area contributed by atoms with Gasteiger partial charge in [0.25, 0.3) is 15.9 Å². The number of aryl methyl sites for hydroxylation is 1. The number of nitrogens with zero attached hydrogens (tertiary/aromatic N) is 1. The zero-order valence-electron chi connectivity index (χ0n) is 16.0. The van der Waals surface area contributed by atoms with E-state index in [1.807, 2.05) is 38.1 Å². The van der Waals surface area contributed by atoms with Crippen molar-refractivity contribution in [3.63, 3.8) is 0 Å². The first kappa shape index (κ1) is 20.9. The van der Waals surface area contributed by atoms with Crippen LogP contribution in [0.3, 0.4) is 0 Å². The van der Waals surface area contributed by atoms with Gasteiger partial charge in [-0.15, -0.1) is 0 Å². The van der Waals surface area contributed by atoms with Gasteiger partial charge in [0.2, 0.25) is 0 Å². The zero-order chi connectivity index (χ0) is 19.9. The SMILES string of the molecule is CCc1ccccc1NS(=O)(=O)c1cccc(C(=O)NCCCN(C)C)c1. The number of nitrogens with one attached hydrogen (secondary N) is 2. The van der Waals surface area contributed by atoms with Gasteiger partial charge in [-0.25, -0.2) is 8.42 Å². The molecule has 6 nitrogen and oxygen atoms in total. The van der Waals surface area contributed by atoms with Crippen LogP contribution >= 0.6 is 0 Å². The summed E-state index contributed by atoms with van der Waals surface area (Å²) in [6.45, 7) is 3.37. The minimum Gasteiger partial charge on any atom is -0.352 e. The third-order valence-corrected chi connectivity index (χ3v) is 5.48. The summed E-state index contributed by atoms with van der Waals surface area (Å²) in [6, 6.07) is 13.4. The zero-order valence-corrected chi connectivity index (χ0v) is 16.8. The van der Waals surface area contributed by atoms with E-state index >= 15 is 0 Å². The fraction of sp³-hybridized carbons (Fsp3) is 0.350. The van der Waals surface area contributed by atoms with Crippen LogP contribution < -0.4 is 10.0 Å². The molecule has 2 aromatic carbocycles. The summed E-state index contributed by atoms with van der Waals surface area (Å²) in [5.74, 6) is -0.278. The van der Waals surface area contributed by atoms with Crippen LogP contribution in [-0.2, 0) is 16.4 Å². The molecule has 0 unspecified atom stereocenters. The molecule has 27 heavy (non-hydrogen) atoms. The van der Waals surface area contributed by atoms with Crippen LogP contribution in [0.4, 0.5) is 5.69 Å². The van der Waals surface area contributed by atoms with Crippen molar-refractivity contribution in [3.05, 3.63) is 59.7 Å². The molecule has 0 heterocycles. The van der Waals surface area contributed by atoms with Crippen LogP contribution in [0.1, 0.15) is 29.3 Å². The van der Waals surface area contributed by atoms with Gasteiger partial charge < -0.3 is 10.2 Å². The average molecular weight is 390 g/mol. The molecule has 0 spiro atoms. The highest BCUT2D eigenvalue weighted by Crippen LogP contribution is 2.21. The standard InChI is InChI=1S/C20H27N3O3S/c1-4-16-9-5-6-12-19(16)22-27(25,26)18-11-7-10-17(15-18)20(24)21-13-8-14-23(2)3/h5-7,9-12,15,22H,4,8,13-14H2,1-3H3,(H,21,24). The lowest BCUT2D eigenvalue weighted by molar-refractivity contribution is 0.0952. The van der Waals surface area contributed by atoms with Crippen LogP contribution in [0.5, 0.6) is 0 Å². The molecule has 2 N–H and O–H groups in total. The van der Waals surface area contributed by atoms with Crippen molar-refractivity contribution in [2.24, 2.45) is 0 Å². The molecule has 0 aliphatic carbocycles. The molecule has 7 heteroatoms. The van der Waals surface area contributed by atoms with Gasteiger partial charge in [0.05, 0.1) is 10.6 Å². The number of sulfonamides is 1. The highest BCUT2D eigenvalue weighted by Gasteiger charge is 2.17. The first-order valence-electron chi connectivity index (χ1n) is 8.97. The van der Waals surface area contributed by atoms with Gasteiger partial charge in [-0.2, -0.15) is 0 Å². The van der Waals surface area contributed by atoms with Crippen LogP contribution in [-0.4, -0.2) is 46.4 Å². The second kappa shape index (κ2) is 9.53. The lowest BCUT2D eigenvalue weighted by atomic mass is 10.1. The molecule has 146 valence electrons. The first-order valence-corrected chi connectivity index (χ1v) is 10.5. The molecule has 0 fully saturated rings. The molecule has 0 bridgehead atoms. The summed E-state index contributed by atoms with van der Waals surface area (Å²) < 4.78 is 28.1. The van der Waals surface area contributed by atoms with Crippen molar-refractivity contribution in [2.45, 2.75) is 24.7 Å². The Labute approximate surface area is 161 Å². The number of hydrogen-bond acceptors (Lipinski definition) is 4. The number of rotatable bonds is 9. The molecular formula is C20H27N3O3S. The summed E-state index contributed by atoms with van der Waals surface area (Å²) in [5.41, 5.74) is 1.79. The molecule has 0 aromatic heterocycles. The van der Waals surface area contributed by atoms with E-state index in [9.17, 15) is 13.2 Å². The van der Waals surface area contributed by atoms with E-state index in [4.69, 9.17) is 0 Å². The third kappa shape index (κ3) is 6.08. The minimum atomic E-state index is -3.78. The third-order valence-electron chi connectivity index (χ3n) is 4.12. The maximum atomic E-state index is 12.7. The van der Waals surface area contributed by atoms with Gasteiger partial charge in [0.1, 0.15) is 0 Å². The molecule has 1 amide bonds. The van der Waals surface area contributed by atoms with Gasteiger partial charge in [0.15, 0.2) is 0 Å². The molecular weight excluding hydrogens is 362 g/mol. The Morgan fingerprint density at radius 1 is 1.07 bits per heavy atom. The summed E-state index contributed by atoms with van der Waals surface area (Å²) in [5, 5.41) is 2.82. The van der Waals surface area contributed by atoms with Gasteiger partial charge in [0, 0.05) is 12.1 Å². The van der Waals surface area contributed by atoms with E-state index < -0.39 is 10.0 Å². The monoisotopic (exact) mass is 389 g/mol. The summed E-state index contributed by atoms with van der Waals surface area (Å²) in [6.07, 6.45) is 1.54. The van der Waals surface area contributed by atoms with Gasteiger partial charge >= 0.3 is 0 Å². The van der Waals surface area contributed by atoms with Crippen molar-refractivity contribution < 1.29 is 13.2 Å². The Kier molecular flexibility index (Phi) is 7.38. The van der Waals surface area contributed by atoms with E-state index in [-0.39, 0.29) is 10.8 Å². The Hall–Kier alpha value is -2.38. The number of benzene rings is 2. The molecule has 0 aliphatic rings. The number of carbonyl (C=O) groups excluding carboxylic acids is 1. The molecule has 0 atom stereocenters. The molecule has 0 saturated carbocycles. The second-order valence-electron chi connectivity index (χ2n) is 6.56. The Balaban J connectivity index is 2.12. The predicted octanol–water partition coefficient (Wildman–Crippen LogP) is 2.73. The molecule has 2 aromatic rings. The molecule has 2 rings (SSSR count). The number of hydrogen-bond donors (Lipinski definition) is 2. The quantitative estimate of drug-likeness (QED) is 0.647. The normalized spacial score (nSPS) is 11.4. The van der Waals surface area contributed by atoms with Gasteiger partial charge in [-0.3, -0.25) is 9.52 Å². The lowest BCUT2D eigenvalue weighted by Gasteiger charge is -2.13. The smallest absolute Gasteiger partial charge is 0.261 e. The van der Waals surface area contributed by atoms with Crippen molar-refractivity contribution in [1.82, 2.24) is 10.2 Å². The topological polar surface area (TPSA) is 78.5 Å². The van der Waals surface area contributed by atoms with Gasteiger partial charge in [-0.1, -0.05) is 31.2 Å². The number of anilines is 1. The molecule has 0 aliphatic heterocycles. The van der Waals surface area contributed by atoms with E-state index in [1.54, 1.807) is 24.3 Å². The number of amides is 1. The summed E-state index contributed by atoms with van der Waals surface area (Å²) in [7, 11) is 0.169. The fourth-order valence-electron chi connectivity index (χ4n) is 2.64. The van der Waals surface area contributed by atoms with Crippen molar-refractivity contribution in [2.75, 3.05) is 31.9 Å². The predicted molar refractivity (Wildman–Crippen MR) is 109 cm³/mol. The molecule has 0 saturated heterocycles. The number of carbonyl (C=O) groups is 1. The second-order valence-corrected chi connectivity index (χ2v) is 8.24. The van der Waals surface area contributed by atoms with Crippen molar-refractivity contribution in [3.8, 4) is 0 Å².